The molecule has 0 atom stereocenters. The number of hydrogen-bond acceptors (Lipinski definition) is 8. The van der Waals surface area contributed by atoms with Gasteiger partial charge < -0.3 is 15.4 Å². The Hall–Kier alpha value is -4.08. The molecule has 1 amide bonds. The smallest absolute Gasteiger partial charge is 0.257 e. The molecule has 0 spiro atoms. The van der Waals surface area contributed by atoms with Crippen LogP contribution in [-0.2, 0) is 4.79 Å². The molecule has 0 unspecified atom stereocenters. The van der Waals surface area contributed by atoms with Crippen molar-refractivity contribution in [2.75, 3.05) is 31.6 Å². The van der Waals surface area contributed by atoms with Crippen molar-refractivity contribution in [3.63, 3.8) is 0 Å². The van der Waals surface area contributed by atoms with E-state index in [0.29, 0.717) is 41.3 Å². The molecule has 9 nitrogen and oxygen atoms in total. The molecule has 0 bridgehead atoms. The Morgan fingerprint density at radius 3 is 2.65 bits per heavy atom. The summed E-state index contributed by atoms with van der Waals surface area (Å²) >= 11 is 0. The average molecular weight is 498 g/mol. The Kier molecular flexibility index (Phi) is 7.53. The lowest BCUT2D eigenvalue weighted by Crippen LogP contribution is -2.31. The van der Waals surface area contributed by atoms with E-state index in [-0.39, 0.29) is 12.5 Å². The molecule has 0 saturated carbocycles. The van der Waals surface area contributed by atoms with Crippen molar-refractivity contribution in [1.82, 2.24) is 31.1 Å². The number of aromatic nitrogens is 3. The van der Waals surface area contributed by atoms with Gasteiger partial charge in [0.1, 0.15) is 11.3 Å². The van der Waals surface area contributed by atoms with Gasteiger partial charge in [-0.3, -0.25) is 20.6 Å². The molecule has 9 heteroatoms. The number of hydrogen-bond donors (Lipinski definition) is 4. The van der Waals surface area contributed by atoms with Crippen molar-refractivity contribution in [1.29, 1.82) is 0 Å². The number of pyridine rings is 1. The minimum Gasteiger partial charge on any atom is -0.484 e. The van der Waals surface area contributed by atoms with Crippen LogP contribution in [0.2, 0.25) is 0 Å². The van der Waals surface area contributed by atoms with E-state index in [1.165, 1.54) is 5.56 Å². The molecule has 0 aliphatic carbocycles. The fraction of sp³-hybridized carbons (Fsp3) is 0.286. The maximum atomic E-state index is 12.1. The van der Waals surface area contributed by atoms with Gasteiger partial charge in [-0.05, 0) is 47.9 Å². The summed E-state index contributed by atoms with van der Waals surface area (Å²) in [5, 5.41) is 6.28. The van der Waals surface area contributed by atoms with Crippen LogP contribution < -0.4 is 26.2 Å². The molecular weight excluding hydrogens is 466 g/mol. The number of nitrogens with zero attached hydrogens (tertiary/aromatic N) is 3. The second-order valence-electron chi connectivity index (χ2n) is 9.49. The highest BCUT2D eigenvalue weighted by Crippen LogP contribution is 2.28. The number of carbonyl (C=O) groups is 1. The van der Waals surface area contributed by atoms with E-state index in [1.54, 1.807) is 6.20 Å². The fourth-order valence-electron chi connectivity index (χ4n) is 4.10. The standard InChI is InChI=1S/C28H31N7O2/c1-18(2)14-30-25(36)17-37-23-6-3-5-20(13-23)27-34-24-7-4-12-29-26(24)28(35-27)33-22-10-8-19(9-11-22)21-15-31-32-16-21/h3-13,18,21,31-32H,14-17H2,1-2H3,(H,30,36)(H,33,34,35). The van der Waals surface area contributed by atoms with Crippen LogP contribution in [0.15, 0.2) is 66.9 Å². The summed E-state index contributed by atoms with van der Waals surface area (Å²) in [5.41, 5.74) is 10.8. The zero-order chi connectivity index (χ0) is 25.6. The molecule has 37 heavy (non-hydrogen) atoms. The Bertz CT molecular complexity index is 1370. The summed E-state index contributed by atoms with van der Waals surface area (Å²) < 4.78 is 5.72. The fourth-order valence-corrected chi connectivity index (χ4v) is 4.10. The van der Waals surface area contributed by atoms with Crippen LogP contribution in [0.4, 0.5) is 11.5 Å². The first-order chi connectivity index (χ1) is 18.0. The van der Waals surface area contributed by atoms with Crippen LogP contribution in [0, 0.1) is 5.92 Å². The Morgan fingerprint density at radius 1 is 1.05 bits per heavy atom. The van der Waals surface area contributed by atoms with Crippen molar-refractivity contribution in [2.45, 2.75) is 19.8 Å². The largest absolute Gasteiger partial charge is 0.484 e. The molecule has 1 aliphatic heterocycles. The number of amides is 1. The van der Waals surface area contributed by atoms with Gasteiger partial charge >= 0.3 is 0 Å². The molecule has 0 radical (unpaired) electrons. The lowest BCUT2D eigenvalue weighted by Gasteiger charge is -2.13. The Labute approximate surface area is 216 Å². The number of rotatable bonds is 9. The normalized spacial score (nSPS) is 13.7. The van der Waals surface area contributed by atoms with Gasteiger partial charge in [0, 0.05) is 43.0 Å². The summed E-state index contributed by atoms with van der Waals surface area (Å²) in [6.07, 6.45) is 1.73. The highest BCUT2D eigenvalue weighted by atomic mass is 16.5. The zero-order valence-electron chi connectivity index (χ0n) is 21.0. The number of ether oxygens (including phenoxy) is 1. The molecule has 5 rings (SSSR count). The highest BCUT2D eigenvalue weighted by molar-refractivity contribution is 5.88. The van der Waals surface area contributed by atoms with Gasteiger partial charge in [-0.2, -0.15) is 0 Å². The first-order valence-corrected chi connectivity index (χ1v) is 12.5. The van der Waals surface area contributed by atoms with E-state index in [0.717, 1.165) is 29.9 Å². The Morgan fingerprint density at radius 2 is 1.86 bits per heavy atom. The molecular formula is C28H31N7O2. The number of nitrogens with one attached hydrogen (secondary N) is 4. The van der Waals surface area contributed by atoms with Crippen LogP contribution in [-0.4, -0.2) is 47.1 Å². The predicted octanol–water partition coefficient (Wildman–Crippen LogP) is 3.78. The van der Waals surface area contributed by atoms with E-state index >= 15 is 0 Å². The van der Waals surface area contributed by atoms with Crippen LogP contribution in [0.1, 0.15) is 25.3 Å². The minimum atomic E-state index is -0.148. The number of benzene rings is 2. The van der Waals surface area contributed by atoms with Crippen LogP contribution in [0.3, 0.4) is 0 Å². The first-order valence-electron chi connectivity index (χ1n) is 12.5. The molecule has 1 aliphatic rings. The number of anilines is 2. The average Bonchev–Trinajstić information content (AvgIpc) is 3.46. The predicted molar refractivity (Wildman–Crippen MR) is 145 cm³/mol. The third kappa shape index (κ3) is 6.19. The second kappa shape index (κ2) is 11.3. The van der Waals surface area contributed by atoms with Gasteiger partial charge in [-0.15, -0.1) is 0 Å². The van der Waals surface area contributed by atoms with Gasteiger partial charge in [0.25, 0.3) is 5.91 Å². The highest BCUT2D eigenvalue weighted by Gasteiger charge is 2.16. The van der Waals surface area contributed by atoms with Gasteiger partial charge in [0.05, 0.1) is 5.52 Å². The van der Waals surface area contributed by atoms with Crippen molar-refractivity contribution < 1.29 is 9.53 Å². The summed E-state index contributed by atoms with van der Waals surface area (Å²) in [6, 6.07) is 19.6. The summed E-state index contributed by atoms with van der Waals surface area (Å²) in [4.78, 5) is 26.1. The maximum Gasteiger partial charge on any atom is 0.257 e. The lowest BCUT2D eigenvalue weighted by molar-refractivity contribution is -0.123. The van der Waals surface area contributed by atoms with Crippen LogP contribution >= 0.6 is 0 Å². The molecule has 190 valence electrons. The number of fused-ring (bicyclic) bond motifs is 1. The monoisotopic (exact) mass is 497 g/mol. The third-order valence-corrected chi connectivity index (χ3v) is 6.09. The SMILES string of the molecule is CC(C)CNC(=O)COc1cccc(-c2nc(Nc3ccc(C4CNNC4)cc3)c3ncccc3n2)c1. The van der Waals surface area contributed by atoms with Gasteiger partial charge in [0.15, 0.2) is 18.2 Å². The molecule has 1 fully saturated rings. The van der Waals surface area contributed by atoms with E-state index in [4.69, 9.17) is 14.7 Å². The summed E-state index contributed by atoms with van der Waals surface area (Å²) in [7, 11) is 0. The zero-order valence-corrected chi connectivity index (χ0v) is 21.0. The van der Waals surface area contributed by atoms with E-state index < -0.39 is 0 Å². The Balaban J connectivity index is 1.37. The second-order valence-corrected chi connectivity index (χ2v) is 9.49. The van der Waals surface area contributed by atoms with Gasteiger partial charge in [-0.25, -0.2) is 9.97 Å². The molecule has 4 N–H and O–H groups in total. The van der Waals surface area contributed by atoms with E-state index in [1.807, 2.05) is 50.2 Å². The van der Waals surface area contributed by atoms with Crippen molar-refractivity contribution in [3.05, 3.63) is 72.4 Å². The van der Waals surface area contributed by atoms with Crippen molar-refractivity contribution >= 4 is 28.4 Å². The van der Waals surface area contributed by atoms with Crippen molar-refractivity contribution in [3.8, 4) is 17.1 Å². The van der Waals surface area contributed by atoms with E-state index in [9.17, 15) is 4.79 Å². The molecule has 4 aromatic rings. The number of carbonyl (C=O) groups excluding carboxylic acids is 1. The molecule has 2 aromatic heterocycles. The summed E-state index contributed by atoms with van der Waals surface area (Å²) in [5.74, 6) is 2.43. The van der Waals surface area contributed by atoms with Crippen molar-refractivity contribution in [2.24, 2.45) is 5.92 Å². The molecule has 1 saturated heterocycles. The molecule has 2 aromatic carbocycles. The first kappa shape index (κ1) is 24.6. The quantitative estimate of drug-likeness (QED) is 0.276. The van der Waals surface area contributed by atoms with Gasteiger partial charge in [-0.1, -0.05) is 38.1 Å². The van der Waals surface area contributed by atoms with Gasteiger partial charge in [0.2, 0.25) is 0 Å². The number of hydrazine groups is 1. The summed E-state index contributed by atoms with van der Waals surface area (Å²) in [6.45, 7) is 6.51. The molecule has 3 heterocycles. The van der Waals surface area contributed by atoms with Crippen LogP contribution in [0.25, 0.3) is 22.4 Å². The minimum absolute atomic E-state index is 0.0472. The van der Waals surface area contributed by atoms with E-state index in [2.05, 4.69) is 50.7 Å². The third-order valence-electron chi connectivity index (χ3n) is 6.09. The topological polar surface area (TPSA) is 113 Å². The maximum absolute atomic E-state index is 12.1. The van der Waals surface area contributed by atoms with Crippen LogP contribution in [0.5, 0.6) is 5.75 Å². The lowest BCUT2D eigenvalue weighted by atomic mass is 10.0.